The molecule has 0 saturated heterocycles. The van der Waals surface area contributed by atoms with Gasteiger partial charge in [0.05, 0.1) is 19.3 Å². The molecule has 0 aromatic heterocycles. The third kappa shape index (κ3) is 4.75. The van der Waals surface area contributed by atoms with E-state index in [1.165, 1.54) is 12.8 Å². The van der Waals surface area contributed by atoms with Crippen LogP contribution >= 0.6 is 18.7 Å². The third-order valence-electron chi connectivity index (χ3n) is 4.61. The number of para-hydroxylation sites is 1. The van der Waals surface area contributed by atoms with Gasteiger partial charge in [0.1, 0.15) is 5.75 Å². The number of benzene rings is 1. The van der Waals surface area contributed by atoms with Gasteiger partial charge in [-0.3, -0.25) is 0 Å². The standard InChI is InChI=1S/C17H27ClNO2P/c1-21-17-13(7-6-10-16(17)18)12-19-14-8-4-5-9-15(11-14)22(2,3)20/h6-7,10,14-15,19H,4-5,8-9,11-12H2,1-3H3. The molecule has 0 radical (unpaired) electrons. The Morgan fingerprint density at radius 2 is 2.05 bits per heavy atom. The summed E-state index contributed by atoms with van der Waals surface area (Å²) in [7, 11) is -0.361. The Hall–Kier alpha value is -0.500. The van der Waals surface area contributed by atoms with Crippen LogP contribution in [0.2, 0.25) is 5.02 Å². The molecule has 3 nitrogen and oxygen atoms in total. The first-order valence-electron chi connectivity index (χ1n) is 8.01. The Bertz CT molecular complexity index is 543. The maximum Gasteiger partial charge on any atom is 0.141 e. The van der Waals surface area contributed by atoms with Crippen molar-refractivity contribution in [2.75, 3.05) is 20.4 Å². The largest absolute Gasteiger partial charge is 0.495 e. The van der Waals surface area contributed by atoms with Crippen molar-refractivity contribution in [1.29, 1.82) is 0 Å². The van der Waals surface area contributed by atoms with E-state index in [2.05, 4.69) is 5.32 Å². The summed E-state index contributed by atoms with van der Waals surface area (Å²) in [6.45, 7) is 4.60. The molecule has 0 aliphatic heterocycles. The summed E-state index contributed by atoms with van der Waals surface area (Å²) in [5, 5.41) is 4.27. The number of rotatable bonds is 5. The normalized spacial score (nSPS) is 23.1. The highest BCUT2D eigenvalue weighted by Gasteiger charge is 2.28. The van der Waals surface area contributed by atoms with E-state index in [-0.39, 0.29) is 0 Å². The van der Waals surface area contributed by atoms with Crippen molar-refractivity contribution in [3.8, 4) is 5.75 Å². The summed E-state index contributed by atoms with van der Waals surface area (Å²) in [5.74, 6) is 0.749. The first kappa shape index (κ1) is 17.8. The fourth-order valence-corrected chi connectivity index (χ4v) is 5.10. The zero-order valence-electron chi connectivity index (χ0n) is 13.8. The Labute approximate surface area is 139 Å². The van der Waals surface area contributed by atoms with Crippen molar-refractivity contribution in [3.05, 3.63) is 28.8 Å². The minimum Gasteiger partial charge on any atom is -0.495 e. The molecule has 1 saturated carbocycles. The molecule has 0 heterocycles. The Morgan fingerprint density at radius 3 is 2.73 bits per heavy atom. The zero-order valence-corrected chi connectivity index (χ0v) is 15.4. The summed E-state index contributed by atoms with van der Waals surface area (Å²) in [5.41, 5.74) is 1.43. The molecule has 2 rings (SSSR count). The Kier molecular flexibility index (Phi) is 6.37. The lowest BCUT2D eigenvalue weighted by Gasteiger charge is -2.24. The van der Waals surface area contributed by atoms with Crippen molar-refractivity contribution < 1.29 is 9.30 Å². The van der Waals surface area contributed by atoms with Gasteiger partial charge in [0.15, 0.2) is 0 Å². The molecule has 1 N–H and O–H groups in total. The molecule has 5 heteroatoms. The predicted octanol–water partition coefficient (Wildman–Crippen LogP) is 4.76. The van der Waals surface area contributed by atoms with Crippen LogP contribution in [0.15, 0.2) is 18.2 Å². The Balaban J connectivity index is 2.01. The van der Waals surface area contributed by atoms with Gasteiger partial charge in [0.2, 0.25) is 0 Å². The molecule has 1 fully saturated rings. The molecule has 0 spiro atoms. The molecular formula is C17H27ClNO2P. The monoisotopic (exact) mass is 343 g/mol. The van der Waals surface area contributed by atoms with E-state index in [0.717, 1.165) is 37.1 Å². The minimum atomic E-state index is -2.01. The zero-order chi connectivity index (χ0) is 16.2. The molecule has 2 unspecified atom stereocenters. The van der Waals surface area contributed by atoms with Crippen molar-refractivity contribution in [1.82, 2.24) is 5.32 Å². The van der Waals surface area contributed by atoms with E-state index < -0.39 is 7.14 Å². The van der Waals surface area contributed by atoms with Crippen LogP contribution in [-0.4, -0.2) is 32.1 Å². The second-order valence-electron chi connectivity index (χ2n) is 6.62. The van der Waals surface area contributed by atoms with Crippen molar-refractivity contribution in [3.63, 3.8) is 0 Å². The van der Waals surface area contributed by atoms with Gasteiger partial charge >= 0.3 is 0 Å². The van der Waals surface area contributed by atoms with E-state index in [4.69, 9.17) is 16.3 Å². The maximum atomic E-state index is 12.4. The number of halogens is 1. The van der Waals surface area contributed by atoms with Gasteiger partial charge in [-0.15, -0.1) is 0 Å². The van der Waals surface area contributed by atoms with Crippen molar-refractivity contribution >= 4 is 18.7 Å². The molecule has 0 bridgehead atoms. The van der Waals surface area contributed by atoms with Gasteiger partial charge in [-0.05, 0) is 38.7 Å². The lowest BCUT2D eigenvalue weighted by molar-refractivity contribution is 0.401. The smallest absolute Gasteiger partial charge is 0.141 e. The molecular weight excluding hydrogens is 317 g/mol. The average Bonchev–Trinajstić information content (AvgIpc) is 2.70. The minimum absolute atomic E-state index is 0.355. The molecule has 1 aromatic carbocycles. The van der Waals surface area contributed by atoms with Crippen LogP contribution < -0.4 is 10.1 Å². The number of methoxy groups -OCH3 is 1. The maximum absolute atomic E-state index is 12.4. The van der Waals surface area contributed by atoms with Crippen LogP contribution in [0.3, 0.4) is 0 Å². The predicted molar refractivity (Wildman–Crippen MR) is 95.0 cm³/mol. The summed E-state index contributed by atoms with van der Waals surface area (Å²) >= 11 is 6.17. The van der Waals surface area contributed by atoms with E-state index in [1.807, 2.05) is 31.5 Å². The highest BCUT2D eigenvalue weighted by Crippen LogP contribution is 2.48. The van der Waals surface area contributed by atoms with Crippen LogP contribution in [0.4, 0.5) is 0 Å². The molecule has 1 aliphatic carbocycles. The van der Waals surface area contributed by atoms with Crippen LogP contribution in [0.1, 0.15) is 37.7 Å². The van der Waals surface area contributed by atoms with E-state index >= 15 is 0 Å². The van der Waals surface area contributed by atoms with Crippen LogP contribution in [0, 0.1) is 0 Å². The first-order chi connectivity index (χ1) is 10.4. The van der Waals surface area contributed by atoms with E-state index in [0.29, 0.717) is 16.7 Å². The molecule has 1 aliphatic rings. The van der Waals surface area contributed by atoms with Gasteiger partial charge in [-0.1, -0.05) is 36.6 Å². The highest BCUT2D eigenvalue weighted by molar-refractivity contribution is 7.63. The SMILES string of the molecule is COc1c(Cl)cccc1CNC1CCCCC(P(C)(C)=O)C1. The second kappa shape index (κ2) is 7.86. The average molecular weight is 344 g/mol. The highest BCUT2D eigenvalue weighted by atomic mass is 35.5. The topological polar surface area (TPSA) is 38.3 Å². The summed E-state index contributed by atoms with van der Waals surface area (Å²) in [4.78, 5) is 0. The summed E-state index contributed by atoms with van der Waals surface area (Å²) in [6.07, 6.45) is 5.66. The molecule has 22 heavy (non-hydrogen) atoms. The summed E-state index contributed by atoms with van der Waals surface area (Å²) < 4.78 is 17.8. The van der Waals surface area contributed by atoms with Gasteiger partial charge in [-0.25, -0.2) is 0 Å². The quantitative estimate of drug-likeness (QED) is 0.618. The number of hydrogen-bond donors (Lipinski definition) is 1. The number of nitrogens with one attached hydrogen (secondary N) is 1. The van der Waals surface area contributed by atoms with Gasteiger partial charge < -0.3 is 14.6 Å². The lowest BCUT2D eigenvalue weighted by atomic mass is 10.1. The van der Waals surface area contributed by atoms with Gasteiger partial charge in [-0.2, -0.15) is 0 Å². The van der Waals surface area contributed by atoms with Crippen LogP contribution in [-0.2, 0) is 11.1 Å². The Morgan fingerprint density at radius 1 is 1.32 bits per heavy atom. The molecule has 124 valence electrons. The van der Waals surface area contributed by atoms with Crippen molar-refractivity contribution in [2.45, 2.75) is 50.3 Å². The van der Waals surface area contributed by atoms with Crippen LogP contribution in [0.5, 0.6) is 5.75 Å². The lowest BCUT2D eigenvalue weighted by Crippen LogP contribution is -2.31. The van der Waals surface area contributed by atoms with Gasteiger partial charge in [0, 0.05) is 23.8 Å². The second-order valence-corrected chi connectivity index (χ2v) is 10.6. The number of ether oxygens (including phenoxy) is 1. The fourth-order valence-electron chi connectivity index (χ4n) is 3.26. The van der Waals surface area contributed by atoms with E-state index in [1.54, 1.807) is 7.11 Å². The number of hydrogen-bond acceptors (Lipinski definition) is 3. The fraction of sp³-hybridized carbons (Fsp3) is 0.647. The van der Waals surface area contributed by atoms with Crippen LogP contribution in [0.25, 0.3) is 0 Å². The molecule has 1 aromatic rings. The first-order valence-corrected chi connectivity index (χ1v) is 11.1. The van der Waals surface area contributed by atoms with Gasteiger partial charge in [0.25, 0.3) is 0 Å². The summed E-state index contributed by atoms with van der Waals surface area (Å²) in [6, 6.07) is 6.25. The molecule has 2 atom stereocenters. The third-order valence-corrected chi connectivity index (χ3v) is 7.14. The van der Waals surface area contributed by atoms with Crippen molar-refractivity contribution in [2.24, 2.45) is 0 Å². The van der Waals surface area contributed by atoms with E-state index in [9.17, 15) is 4.57 Å². The molecule has 0 amide bonds.